The lowest BCUT2D eigenvalue weighted by atomic mass is 10.4. The quantitative estimate of drug-likeness (QED) is 0.525. The van der Waals surface area contributed by atoms with E-state index in [4.69, 9.17) is 0 Å². The average Bonchev–Trinajstić information content (AvgIpc) is 2.12. The van der Waals surface area contributed by atoms with E-state index in [1.807, 2.05) is 0 Å². The summed E-state index contributed by atoms with van der Waals surface area (Å²) in [5.41, 5.74) is 0. The molecule has 1 aliphatic heterocycles. The molecule has 0 spiro atoms. The maximum absolute atomic E-state index is 4.12. The summed E-state index contributed by atoms with van der Waals surface area (Å²) >= 11 is 4.12. The van der Waals surface area contributed by atoms with E-state index in [1.54, 1.807) is 0 Å². The zero-order valence-electron chi connectivity index (χ0n) is 4.93. The van der Waals surface area contributed by atoms with E-state index in [0.29, 0.717) is 0 Å². The van der Waals surface area contributed by atoms with Gasteiger partial charge in [0.2, 0.25) is 0 Å². The van der Waals surface area contributed by atoms with Gasteiger partial charge in [-0.15, -0.1) is 12.6 Å². The number of hydrogen-bond acceptors (Lipinski definition) is 2. The fourth-order valence-electron chi connectivity index (χ4n) is 0.975. The molecule has 1 aliphatic rings. The SMILES string of the molecule is C=C(S)N1CCCC1. The van der Waals surface area contributed by atoms with Gasteiger partial charge in [-0.2, -0.15) is 0 Å². The van der Waals surface area contributed by atoms with Gasteiger partial charge in [0.25, 0.3) is 0 Å². The molecule has 46 valence electrons. The standard InChI is InChI=1S/C6H11NS/c1-6(8)7-4-2-3-5-7/h8H,1-5H2. The third-order valence-corrected chi connectivity index (χ3v) is 1.75. The van der Waals surface area contributed by atoms with Crippen molar-refractivity contribution in [3.63, 3.8) is 0 Å². The lowest BCUT2D eigenvalue weighted by molar-refractivity contribution is 0.459. The van der Waals surface area contributed by atoms with Crippen LogP contribution in [0, 0.1) is 0 Å². The highest BCUT2D eigenvalue weighted by Gasteiger charge is 2.09. The van der Waals surface area contributed by atoms with Gasteiger partial charge in [-0.25, -0.2) is 0 Å². The highest BCUT2D eigenvalue weighted by molar-refractivity contribution is 7.84. The first-order valence-corrected chi connectivity index (χ1v) is 3.38. The molecule has 0 N–H and O–H groups in total. The van der Waals surface area contributed by atoms with Gasteiger partial charge in [-0.1, -0.05) is 6.58 Å². The molecule has 0 saturated carbocycles. The second-order valence-electron chi connectivity index (χ2n) is 2.11. The smallest absolute Gasteiger partial charge is 0.0603 e. The van der Waals surface area contributed by atoms with Crippen LogP contribution in [0.4, 0.5) is 0 Å². The first kappa shape index (κ1) is 6.02. The van der Waals surface area contributed by atoms with Gasteiger partial charge in [0.1, 0.15) is 0 Å². The summed E-state index contributed by atoms with van der Waals surface area (Å²) in [5, 5.41) is 0.919. The van der Waals surface area contributed by atoms with Crippen molar-refractivity contribution in [1.29, 1.82) is 0 Å². The molecule has 1 heterocycles. The normalized spacial score (nSPS) is 19.4. The van der Waals surface area contributed by atoms with Crippen molar-refractivity contribution in [2.75, 3.05) is 13.1 Å². The van der Waals surface area contributed by atoms with Crippen LogP contribution in [-0.2, 0) is 0 Å². The number of hydrogen-bond donors (Lipinski definition) is 1. The Morgan fingerprint density at radius 2 is 1.88 bits per heavy atom. The van der Waals surface area contributed by atoms with Gasteiger partial charge in [0, 0.05) is 13.1 Å². The molecular weight excluding hydrogens is 118 g/mol. The molecule has 0 radical (unpaired) electrons. The van der Waals surface area contributed by atoms with Crippen molar-refractivity contribution < 1.29 is 0 Å². The highest BCUT2D eigenvalue weighted by atomic mass is 32.1. The summed E-state index contributed by atoms with van der Waals surface area (Å²) < 4.78 is 0. The molecule has 1 saturated heterocycles. The van der Waals surface area contributed by atoms with Crippen LogP contribution >= 0.6 is 12.6 Å². The lowest BCUT2D eigenvalue weighted by Crippen LogP contribution is -2.13. The molecule has 1 rings (SSSR count). The minimum Gasteiger partial charge on any atom is -0.367 e. The van der Waals surface area contributed by atoms with Crippen LogP contribution in [0.25, 0.3) is 0 Å². The maximum Gasteiger partial charge on any atom is 0.0603 e. The summed E-state index contributed by atoms with van der Waals surface area (Å²) in [6.07, 6.45) is 2.61. The Morgan fingerprint density at radius 1 is 1.38 bits per heavy atom. The van der Waals surface area contributed by atoms with Gasteiger partial charge in [-0.05, 0) is 12.8 Å². The predicted molar refractivity (Wildman–Crippen MR) is 38.9 cm³/mol. The Kier molecular flexibility index (Phi) is 1.84. The van der Waals surface area contributed by atoms with E-state index >= 15 is 0 Å². The molecule has 1 fully saturated rings. The van der Waals surface area contributed by atoms with Crippen molar-refractivity contribution in [3.8, 4) is 0 Å². The summed E-state index contributed by atoms with van der Waals surface area (Å²) in [4.78, 5) is 2.20. The molecule has 1 nitrogen and oxygen atoms in total. The average molecular weight is 129 g/mol. The van der Waals surface area contributed by atoms with E-state index in [1.165, 1.54) is 12.8 Å². The molecule has 0 bridgehead atoms. The van der Waals surface area contributed by atoms with Gasteiger partial charge >= 0.3 is 0 Å². The molecule has 0 aromatic carbocycles. The Hall–Kier alpha value is -0.110. The van der Waals surface area contributed by atoms with Crippen molar-refractivity contribution in [1.82, 2.24) is 4.90 Å². The van der Waals surface area contributed by atoms with E-state index in [2.05, 4.69) is 24.1 Å². The largest absolute Gasteiger partial charge is 0.367 e. The van der Waals surface area contributed by atoms with Crippen LogP contribution in [0.2, 0.25) is 0 Å². The van der Waals surface area contributed by atoms with Crippen molar-refractivity contribution in [2.45, 2.75) is 12.8 Å². The molecule has 0 aliphatic carbocycles. The number of likely N-dealkylation sites (tertiary alicyclic amines) is 1. The molecule has 0 amide bonds. The molecule has 0 unspecified atom stereocenters. The fourth-order valence-corrected chi connectivity index (χ4v) is 1.18. The summed E-state index contributed by atoms with van der Waals surface area (Å²) in [7, 11) is 0. The Bertz CT molecular complexity index is 94.7. The summed E-state index contributed by atoms with van der Waals surface area (Å²) in [6.45, 7) is 6.04. The number of nitrogens with zero attached hydrogens (tertiary/aromatic N) is 1. The first-order valence-electron chi connectivity index (χ1n) is 2.93. The predicted octanol–water partition coefficient (Wildman–Crippen LogP) is 1.48. The Morgan fingerprint density at radius 3 is 2.12 bits per heavy atom. The maximum atomic E-state index is 4.12. The zero-order chi connectivity index (χ0) is 5.98. The van der Waals surface area contributed by atoms with Gasteiger partial charge < -0.3 is 4.90 Å². The highest BCUT2D eigenvalue weighted by Crippen LogP contribution is 2.14. The topological polar surface area (TPSA) is 3.24 Å². The van der Waals surface area contributed by atoms with Crippen LogP contribution in [0.5, 0.6) is 0 Å². The second-order valence-corrected chi connectivity index (χ2v) is 2.63. The van der Waals surface area contributed by atoms with E-state index in [0.717, 1.165) is 18.1 Å². The van der Waals surface area contributed by atoms with Crippen LogP contribution in [0.15, 0.2) is 11.6 Å². The van der Waals surface area contributed by atoms with Crippen molar-refractivity contribution >= 4 is 12.6 Å². The Labute approximate surface area is 55.8 Å². The number of rotatable bonds is 1. The van der Waals surface area contributed by atoms with Gasteiger partial charge in [0.05, 0.1) is 5.03 Å². The first-order chi connectivity index (χ1) is 3.80. The third kappa shape index (κ3) is 1.19. The molecule has 2 heteroatoms. The summed E-state index contributed by atoms with van der Waals surface area (Å²) in [6, 6.07) is 0. The molecule has 8 heavy (non-hydrogen) atoms. The Balaban J connectivity index is 2.35. The molecular formula is C6H11NS. The van der Waals surface area contributed by atoms with Gasteiger partial charge in [0.15, 0.2) is 0 Å². The van der Waals surface area contributed by atoms with E-state index < -0.39 is 0 Å². The van der Waals surface area contributed by atoms with Crippen molar-refractivity contribution in [2.24, 2.45) is 0 Å². The fraction of sp³-hybridized carbons (Fsp3) is 0.667. The number of thiol groups is 1. The molecule has 0 atom stereocenters. The van der Waals surface area contributed by atoms with Crippen LogP contribution in [-0.4, -0.2) is 18.0 Å². The summed E-state index contributed by atoms with van der Waals surface area (Å²) in [5.74, 6) is 0. The minimum absolute atomic E-state index is 0.919. The minimum atomic E-state index is 0.919. The third-order valence-electron chi connectivity index (χ3n) is 1.47. The van der Waals surface area contributed by atoms with Crippen LogP contribution < -0.4 is 0 Å². The monoisotopic (exact) mass is 129 g/mol. The zero-order valence-corrected chi connectivity index (χ0v) is 5.82. The van der Waals surface area contributed by atoms with E-state index in [9.17, 15) is 0 Å². The molecule has 0 aromatic heterocycles. The second kappa shape index (κ2) is 2.44. The van der Waals surface area contributed by atoms with Crippen molar-refractivity contribution in [3.05, 3.63) is 11.6 Å². The lowest BCUT2D eigenvalue weighted by Gasteiger charge is -2.14. The van der Waals surface area contributed by atoms with E-state index in [-0.39, 0.29) is 0 Å². The van der Waals surface area contributed by atoms with Crippen LogP contribution in [0.1, 0.15) is 12.8 Å². The molecule has 0 aromatic rings. The van der Waals surface area contributed by atoms with Gasteiger partial charge in [-0.3, -0.25) is 0 Å². The van der Waals surface area contributed by atoms with Crippen LogP contribution in [0.3, 0.4) is 0 Å².